The number of thiazole rings is 1. The van der Waals surface area contributed by atoms with Crippen LogP contribution in [0.15, 0.2) is 11.6 Å². The highest BCUT2D eigenvalue weighted by Gasteiger charge is 2.37. The van der Waals surface area contributed by atoms with E-state index in [0.29, 0.717) is 5.13 Å². The number of hydrogen-bond donors (Lipinski definition) is 1. The van der Waals surface area contributed by atoms with Crippen LogP contribution in [0.3, 0.4) is 0 Å². The lowest BCUT2D eigenvalue weighted by Crippen LogP contribution is -2.41. The van der Waals surface area contributed by atoms with E-state index in [1.165, 1.54) is 11.3 Å². The van der Waals surface area contributed by atoms with Crippen molar-refractivity contribution in [2.75, 3.05) is 19.0 Å². The van der Waals surface area contributed by atoms with E-state index in [4.69, 9.17) is 4.74 Å². The van der Waals surface area contributed by atoms with Gasteiger partial charge in [0.25, 0.3) is 0 Å². The molecule has 3 heterocycles. The van der Waals surface area contributed by atoms with E-state index < -0.39 is 0 Å². The molecule has 1 aliphatic heterocycles. The molecule has 24 heavy (non-hydrogen) atoms. The van der Waals surface area contributed by atoms with Crippen molar-refractivity contribution in [3.8, 4) is 5.88 Å². The number of ether oxygens (including phenoxy) is 1. The van der Waals surface area contributed by atoms with Gasteiger partial charge in [-0.2, -0.15) is 5.10 Å². The molecule has 0 spiro atoms. The van der Waals surface area contributed by atoms with E-state index in [0.717, 1.165) is 36.5 Å². The highest BCUT2D eigenvalue weighted by molar-refractivity contribution is 7.13. The Morgan fingerprint density at radius 1 is 1.54 bits per heavy atom. The van der Waals surface area contributed by atoms with Crippen LogP contribution in [0.2, 0.25) is 0 Å². The summed E-state index contributed by atoms with van der Waals surface area (Å²) in [5, 5.41) is 9.86. The predicted molar refractivity (Wildman–Crippen MR) is 93.4 cm³/mol. The van der Waals surface area contributed by atoms with Gasteiger partial charge >= 0.3 is 0 Å². The molecule has 0 bridgehead atoms. The fourth-order valence-corrected chi connectivity index (χ4v) is 4.02. The molecule has 2 aromatic heterocycles. The maximum atomic E-state index is 12.6. The Hall–Kier alpha value is -1.93. The van der Waals surface area contributed by atoms with Crippen molar-refractivity contribution in [3.05, 3.63) is 22.8 Å². The van der Waals surface area contributed by atoms with Gasteiger partial charge in [0, 0.05) is 24.7 Å². The minimum Gasteiger partial charge on any atom is -0.481 e. The molecule has 130 valence electrons. The van der Waals surface area contributed by atoms with Crippen LogP contribution in [0.5, 0.6) is 5.88 Å². The fourth-order valence-electron chi connectivity index (χ4n) is 3.49. The van der Waals surface area contributed by atoms with Gasteiger partial charge in [-0.25, -0.2) is 9.67 Å². The van der Waals surface area contributed by atoms with Crippen LogP contribution in [-0.4, -0.2) is 45.3 Å². The molecule has 1 saturated heterocycles. The molecule has 7 nitrogen and oxygen atoms in total. The van der Waals surface area contributed by atoms with Gasteiger partial charge in [-0.3, -0.25) is 9.69 Å². The standard InChI is InChI=1S/C16H23N5O2S/c1-10-13(15(23-4)20(3)19-10)12-6-5-8-21(12)11(2)14(22)18-16-17-7-9-24-16/h7,9,11-12H,5-6,8H2,1-4H3,(H,17,18,22)/t11-,12+/m0/s1. The van der Waals surface area contributed by atoms with Gasteiger partial charge in [0.15, 0.2) is 5.13 Å². The first-order valence-electron chi connectivity index (χ1n) is 8.06. The van der Waals surface area contributed by atoms with Crippen molar-refractivity contribution < 1.29 is 9.53 Å². The Balaban J connectivity index is 1.81. The second kappa shape index (κ2) is 6.90. The zero-order valence-corrected chi connectivity index (χ0v) is 15.3. The molecule has 3 rings (SSSR count). The third kappa shape index (κ3) is 3.03. The lowest BCUT2D eigenvalue weighted by molar-refractivity contribution is -0.121. The SMILES string of the molecule is COc1c([C@H]2CCCN2[C@@H](C)C(=O)Nc2nccs2)c(C)nn1C. The van der Waals surface area contributed by atoms with E-state index >= 15 is 0 Å². The highest BCUT2D eigenvalue weighted by atomic mass is 32.1. The molecule has 2 aromatic rings. The van der Waals surface area contributed by atoms with E-state index in [2.05, 4.69) is 20.3 Å². The molecule has 1 fully saturated rings. The number of carbonyl (C=O) groups excluding carboxylic acids is 1. The lowest BCUT2D eigenvalue weighted by Gasteiger charge is -2.29. The zero-order chi connectivity index (χ0) is 17.3. The Bertz CT molecular complexity index is 712. The fraction of sp³-hybridized carbons (Fsp3) is 0.562. The number of carbonyl (C=O) groups is 1. The smallest absolute Gasteiger partial charge is 0.243 e. The summed E-state index contributed by atoms with van der Waals surface area (Å²) in [4.78, 5) is 18.9. The molecule has 8 heteroatoms. The average molecular weight is 349 g/mol. The van der Waals surface area contributed by atoms with Crippen molar-refractivity contribution in [1.29, 1.82) is 0 Å². The molecule has 0 aromatic carbocycles. The Morgan fingerprint density at radius 3 is 3.00 bits per heavy atom. The van der Waals surface area contributed by atoms with E-state index in [1.807, 2.05) is 26.3 Å². The summed E-state index contributed by atoms with van der Waals surface area (Å²) < 4.78 is 7.31. The second-order valence-electron chi connectivity index (χ2n) is 6.03. The first-order chi connectivity index (χ1) is 11.5. The number of rotatable bonds is 5. The van der Waals surface area contributed by atoms with Gasteiger partial charge in [-0.05, 0) is 33.2 Å². The molecular weight excluding hydrogens is 326 g/mol. The van der Waals surface area contributed by atoms with Crippen molar-refractivity contribution in [3.63, 3.8) is 0 Å². The number of hydrogen-bond acceptors (Lipinski definition) is 6. The maximum absolute atomic E-state index is 12.6. The maximum Gasteiger partial charge on any atom is 0.243 e. The molecule has 0 radical (unpaired) electrons. The first-order valence-corrected chi connectivity index (χ1v) is 8.94. The summed E-state index contributed by atoms with van der Waals surface area (Å²) in [7, 11) is 3.55. The van der Waals surface area contributed by atoms with Gasteiger partial charge < -0.3 is 10.1 Å². The highest BCUT2D eigenvalue weighted by Crippen LogP contribution is 2.39. The predicted octanol–water partition coefficient (Wildman–Crippen LogP) is 2.36. The number of methoxy groups -OCH3 is 1. The summed E-state index contributed by atoms with van der Waals surface area (Å²) in [6.07, 6.45) is 3.74. The molecule has 0 aliphatic carbocycles. The van der Waals surface area contributed by atoms with Crippen LogP contribution in [0.25, 0.3) is 0 Å². The van der Waals surface area contributed by atoms with Crippen molar-refractivity contribution in [2.24, 2.45) is 7.05 Å². The molecule has 0 unspecified atom stereocenters. The summed E-state index contributed by atoms with van der Waals surface area (Å²) in [6.45, 7) is 4.82. The molecule has 1 amide bonds. The van der Waals surface area contributed by atoms with Crippen molar-refractivity contribution >= 4 is 22.4 Å². The number of nitrogens with one attached hydrogen (secondary N) is 1. The van der Waals surface area contributed by atoms with Crippen LogP contribution in [-0.2, 0) is 11.8 Å². The van der Waals surface area contributed by atoms with Crippen LogP contribution < -0.4 is 10.1 Å². The zero-order valence-electron chi connectivity index (χ0n) is 14.4. The van der Waals surface area contributed by atoms with Gasteiger partial charge in [0.1, 0.15) is 0 Å². The second-order valence-corrected chi connectivity index (χ2v) is 6.92. The van der Waals surface area contributed by atoms with Crippen molar-refractivity contribution in [1.82, 2.24) is 19.7 Å². The molecule has 1 N–H and O–H groups in total. The Morgan fingerprint density at radius 2 is 2.33 bits per heavy atom. The van der Waals surface area contributed by atoms with Crippen LogP contribution in [0.4, 0.5) is 5.13 Å². The minimum atomic E-state index is -0.245. The van der Waals surface area contributed by atoms with Crippen LogP contribution in [0.1, 0.15) is 37.1 Å². The molecule has 1 aliphatic rings. The summed E-state index contributed by atoms with van der Waals surface area (Å²) in [5.74, 6) is 0.745. The number of nitrogens with zero attached hydrogens (tertiary/aromatic N) is 4. The van der Waals surface area contributed by atoms with Crippen molar-refractivity contribution in [2.45, 2.75) is 38.8 Å². The Kier molecular flexibility index (Phi) is 4.86. The number of anilines is 1. The van der Waals surface area contributed by atoms with E-state index in [-0.39, 0.29) is 18.0 Å². The van der Waals surface area contributed by atoms with E-state index in [1.54, 1.807) is 18.0 Å². The number of amides is 1. The number of aryl methyl sites for hydroxylation is 2. The van der Waals surface area contributed by atoms with Gasteiger partial charge in [0.05, 0.1) is 24.4 Å². The lowest BCUT2D eigenvalue weighted by atomic mass is 10.0. The van der Waals surface area contributed by atoms with E-state index in [9.17, 15) is 4.79 Å². The molecule has 0 saturated carbocycles. The molecular formula is C16H23N5O2S. The largest absolute Gasteiger partial charge is 0.481 e. The summed E-state index contributed by atoms with van der Waals surface area (Å²) in [6, 6.07) is -0.101. The molecule has 2 atom stereocenters. The normalized spacial score (nSPS) is 19.4. The van der Waals surface area contributed by atoms with Gasteiger partial charge in [0.2, 0.25) is 11.8 Å². The quantitative estimate of drug-likeness (QED) is 0.897. The van der Waals surface area contributed by atoms with Crippen LogP contribution >= 0.6 is 11.3 Å². The summed E-state index contributed by atoms with van der Waals surface area (Å²) >= 11 is 1.43. The average Bonchev–Trinajstić information content (AvgIpc) is 3.26. The summed E-state index contributed by atoms with van der Waals surface area (Å²) in [5.41, 5.74) is 2.05. The minimum absolute atomic E-state index is 0.0302. The van der Waals surface area contributed by atoms with Crippen LogP contribution in [0, 0.1) is 6.92 Å². The third-order valence-corrected chi connectivity index (χ3v) is 5.26. The van der Waals surface area contributed by atoms with Gasteiger partial charge in [-0.15, -0.1) is 11.3 Å². The Labute approximate surface area is 145 Å². The number of likely N-dealkylation sites (tertiary alicyclic amines) is 1. The first kappa shape index (κ1) is 16.9. The third-order valence-electron chi connectivity index (χ3n) is 4.57. The topological polar surface area (TPSA) is 72.3 Å². The number of aromatic nitrogens is 3. The van der Waals surface area contributed by atoms with Gasteiger partial charge in [-0.1, -0.05) is 0 Å². The monoisotopic (exact) mass is 349 g/mol.